The topological polar surface area (TPSA) is 83.6 Å². The molecule has 1 heterocycles. The molecule has 3 aromatic rings. The van der Waals surface area contributed by atoms with Crippen LogP contribution in [0.15, 0.2) is 76.5 Å². The number of nitrogens with zero attached hydrogens (tertiary/aromatic N) is 1. The normalized spacial score (nSPS) is 14.5. The first-order chi connectivity index (χ1) is 15.2. The number of carbonyl (C=O) groups is 2. The minimum atomic E-state index is -4.06. The third-order valence-electron chi connectivity index (χ3n) is 5.16. The zero-order chi connectivity index (χ0) is 23.0. The number of fused-ring (bicyclic) bond motifs is 2. The average Bonchev–Trinajstić information content (AvgIpc) is 2.83. The molecule has 32 heavy (non-hydrogen) atoms. The lowest BCUT2D eigenvalue weighted by Crippen LogP contribution is -2.32. The predicted octanol–water partition coefficient (Wildman–Crippen LogP) is 3.96. The second-order valence-corrected chi connectivity index (χ2v) is 9.68. The Morgan fingerprint density at radius 3 is 2.41 bits per heavy atom. The molecule has 0 fully saturated rings. The molecule has 8 heteroatoms. The van der Waals surface area contributed by atoms with Gasteiger partial charge in [0.15, 0.2) is 0 Å². The highest BCUT2D eigenvalue weighted by Gasteiger charge is 2.36. The molecule has 0 aliphatic carbocycles. The van der Waals surface area contributed by atoms with E-state index in [1.807, 2.05) is 0 Å². The number of rotatable bonds is 4. The molecule has 6 nitrogen and oxygen atoms in total. The molecule has 0 bridgehead atoms. The minimum absolute atomic E-state index is 0.00628. The van der Waals surface area contributed by atoms with E-state index in [-0.39, 0.29) is 44.8 Å². The largest absolute Gasteiger partial charge is 0.350 e. The molecule has 0 saturated carbocycles. The summed E-state index contributed by atoms with van der Waals surface area (Å²) in [6.45, 7) is 3.41. The lowest BCUT2D eigenvalue weighted by molar-refractivity contribution is 0.0940. The summed E-state index contributed by atoms with van der Waals surface area (Å²) in [6.07, 6.45) is 0. The van der Waals surface area contributed by atoms with E-state index in [1.54, 1.807) is 32.0 Å². The van der Waals surface area contributed by atoms with Crippen LogP contribution in [0.3, 0.4) is 0 Å². The van der Waals surface area contributed by atoms with Crippen LogP contribution in [0.1, 0.15) is 40.1 Å². The van der Waals surface area contributed by atoms with E-state index >= 15 is 0 Å². The molecule has 2 amide bonds. The minimum Gasteiger partial charge on any atom is -0.350 e. The molecule has 3 aromatic carbocycles. The molecule has 164 valence electrons. The Kier molecular flexibility index (Phi) is 5.56. The second kappa shape index (κ2) is 8.20. The number of amides is 2. The zero-order valence-electron chi connectivity index (χ0n) is 17.5. The first kappa shape index (κ1) is 21.7. The molecular weight excluding hydrogens is 431 g/mol. The van der Waals surface area contributed by atoms with Gasteiger partial charge in [0.05, 0.1) is 27.6 Å². The van der Waals surface area contributed by atoms with Crippen molar-refractivity contribution in [1.82, 2.24) is 5.32 Å². The van der Waals surface area contributed by atoms with Crippen LogP contribution in [0.25, 0.3) is 0 Å². The number of anilines is 1. The Hall–Kier alpha value is -3.52. The zero-order valence-corrected chi connectivity index (χ0v) is 18.3. The smallest absolute Gasteiger partial charge is 0.259 e. The van der Waals surface area contributed by atoms with Crippen LogP contribution in [0.5, 0.6) is 0 Å². The van der Waals surface area contributed by atoms with E-state index in [0.717, 1.165) is 0 Å². The van der Waals surface area contributed by atoms with Gasteiger partial charge in [-0.05, 0) is 50.2 Å². The lowest BCUT2D eigenvalue weighted by Gasteiger charge is -2.24. The third kappa shape index (κ3) is 3.78. The highest BCUT2D eigenvalue weighted by molar-refractivity contribution is 7.91. The molecule has 0 spiro atoms. The maximum Gasteiger partial charge on any atom is 0.259 e. The molecule has 0 atom stereocenters. The van der Waals surface area contributed by atoms with Crippen molar-refractivity contribution in [3.8, 4) is 0 Å². The molecular formula is C24H21FN2O4S. The van der Waals surface area contributed by atoms with Crippen LogP contribution in [0.4, 0.5) is 10.1 Å². The highest BCUT2D eigenvalue weighted by Crippen LogP contribution is 2.38. The fraction of sp³-hybridized carbons (Fsp3) is 0.167. The molecule has 0 radical (unpaired) electrons. The number of benzene rings is 3. The fourth-order valence-electron chi connectivity index (χ4n) is 3.65. The van der Waals surface area contributed by atoms with Crippen LogP contribution in [0, 0.1) is 5.82 Å². The molecule has 1 aliphatic rings. The van der Waals surface area contributed by atoms with Crippen molar-refractivity contribution in [2.45, 2.75) is 36.2 Å². The van der Waals surface area contributed by atoms with Gasteiger partial charge in [-0.3, -0.25) is 9.59 Å². The van der Waals surface area contributed by atoms with Crippen molar-refractivity contribution in [2.24, 2.45) is 0 Å². The average molecular weight is 453 g/mol. The van der Waals surface area contributed by atoms with E-state index in [4.69, 9.17) is 0 Å². The summed E-state index contributed by atoms with van der Waals surface area (Å²) in [4.78, 5) is 27.1. The van der Waals surface area contributed by atoms with Crippen molar-refractivity contribution in [2.75, 3.05) is 4.90 Å². The highest BCUT2D eigenvalue weighted by atomic mass is 32.2. The Morgan fingerprint density at radius 2 is 1.69 bits per heavy atom. The van der Waals surface area contributed by atoms with Gasteiger partial charge < -0.3 is 10.2 Å². The van der Waals surface area contributed by atoms with Gasteiger partial charge in [0.2, 0.25) is 9.84 Å². The summed E-state index contributed by atoms with van der Waals surface area (Å²) in [6, 6.07) is 15.9. The van der Waals surface area contributed by atoms with Gasteiger partial charge in [-0.15, -0.1) is 0 Å². The number of carbonyl (C=O) groups excluding carboxylic acids is 2. The van der Waals surface area contributed by atoms with Crippen LogP contribution in [-0.2, 0) is 16.4 Å². The van der Waals surface area contributed by atoms with Crippen LogP contribution in [0.2, 0.25) is 0 Å². The maximum atomic E-state index is 14.4. The summed E-state index contributed by atoms with van der Waals surface area (Å²) in [7, 11) is -4.06. The van der Waals surface area contributed by atoms with E-state index in [1.165, 1.54) is 53.4 Å². The first-order valence-corrected chi connectivity index (χ1v) is 11.5. The Balaban J connectivity index is 1.95. The molecule has 0 saturated heterocycles. The van der Waals surface area contributed by atoms with E-state index in [9.17, 15) is 22.4 Å². The number of hydrogen-bond donors (Lipinski definition) is 1. The molecule has 1 aliphatic heterocycles. The van der Waals surface area contributed by atoms with Crippen LogP contribution >= 0.6 is 0 Å². The standard InChI is InChI=1S/C24H21FN2O4S/c1-15(2)26-23(28)16-11-12-22-20(13-16)27(14-17-7-3-5-9-19(17)25)24(29)18-8-4-6-10-21(18)32(22,30)31/h3-13,15H,14H2,1-2H3,(H,26,28). The maximum absolute atomic E-state index is 14.4. The Morgan fingerprint density at radius 1 is 1.00 bits per heavy atom. The predicted molar refractivity (Wildman–Crippen MR) is 118 cm³/mol. The van der Waals surface area contributed by atoms with E-state index in [0.29, 0.717) is 0 Å². The lowest BCUT2D eigenvalue weighted by atomic mass is 10.1. The van der Waals surface area contributed by atoms with Gasteiger partial charge >= 0.3 is 0 Å². The van der Waals surface area contributed by atoms with Crippen molar-refractivity contribution in [3.63, 3.8) is 0 Å². The summed E-state index contributed by atoms with van der Waals surface area (Å²) in [5.74, 6) is -1.51. The van der Waals surface area contributed by atoms with Crippen molar-refractivity contribution in [1.29, 1.82) is 0 Å². The van der Waals surface area contributed by atoms with E-state index in [2.05, 4.69) is 5.32 Å². The van der Waals surface area contributed by atoms with Crippen LogP contribution < -0.4 is 10.2 Å². The van der Waals surface area contributed by atoms with Gasteiger partial charge in [-0.1, -0.05) is 30.3 Å². The molecule has 0 unspecified atom stereocenters. The SMILES string of the molecule is CC(C)NC(=O)c1ccc2c(c1)N(Cc1ccccc1F)C(=O)c1ccccc1S2(=O)=O. The first-order valence-electron chi connectivity index (χ1n) is 10.0. The van der Waals surface area contributed by atoms with Crippen molar-refractivity contribution < 1.29 is 22.4 Å². The molecule has 4 rings (SSSR count). The second-order valence-electron chi connectivity index (χ2n) is 7.79. The van der Waals surface area contributed by atoms with Gasteiger partial charge in [-0.25, -0.2) is 12.8 Å². The van der Waals surface area contributed by atoms with E-state index < -0.39 is 27.5 Å². The number of nitrogens with one attached hydrogen (secondary N) is 1. The number of halogens is 1. The van der Waals surface area contributed by atoms with Gasteiger partial charge in [-0.2, -0.15) is 0 Å². The fourth-order valence-corrected chi connectivity index (χ4v) is 5.28. The molecule has 0 aromatic heterocycles. The third-order valence-corrected chi connectivity index (χ3v) is 7.02. The Labute approximate surface area is 185 Å². The quantitative estimate of drug-likeness (QED) is 0.650. The molecule has 1 N–H and O–H groups in total. The van der Waals surface area contributed by atoms with Gasteiger partial charge in [0.1, 0.15) is 5.82 Å². The number of sulfone groups is 1. The summed E-state index contributed by atoms with van der Waals surface area (Å²) in [5, 5.41) is 2.75. The van der Waals surface area contributed by atoms with Gasteiger partial charge in [0.25, 0.3) is 11.8 Å². The number of hydrogen-bond acceptors (Lipinski definition) is 4. The van der Waals surface area contributed by atoms with Crippen molar-refractivity contribution in [3.05, 3.63) is 89.2 Å². The van der Waals surface area contributed by atoms with Crippen LogP contribution in [-0.4, -0.2) is 26.3 Å². The summed E-state index contributed by atoms with van der Waals surface area (Å²) in [5.41, 5.74) is 0.449. The van der Waals surface area contributed by atoms with Gasteiger partial charge in [0, 0.05) is 17.2 Å². The Bertz CT molecular complexity index is 1340. The summed E-state index contributed by atoms with van der Waals surface area (Å²) < 4.78 is 41.3. The summed E-state index contributed by atoms with van der Waals surface area (Å²) >= 11 is 0. The van der Waals surface area contributed by atoms with Crippen molar-refractivity contribution >= 4 is 27.3 Å². The monoisotopic (exact) mass is 452 g/mol.